The third kappa shape index (κ3) is 3.02. The number of aryl methyl sites for hydroxylation is 2. The molecule has 0 bridgehead atoms. The van der Waals surface area contributed by atoms with E-state index in [1.54, 1.807) is 13.1 Å². The maximum atomic E-state index is 13.1. The quantitative estimate of drug-likeness (QED) is 0.862. The SMILES string of the molecule is Cc1cc(C(F)(F)F)nc([C@@]2(C)CCCN2Cc2nccn2C)n1. The molecule has 1 atom stereocenters. The van der Waals surface area contributed by atoms with Crippen LogP contribution in [0.25, 0.3) is 0 Å². The molecule has 130 valence electrons. The molecule has 8 heteroatoms. The Hall–Kier alpha value is -1.96. The molecule has 0 unspecified atom stereocenters. The van der Waals surface area contributed by atoms with E-state index in [0.717, 1.165) is 31.3 Å². The first-order valence-corrected chi connectivity index (χ1v) is 7.85. The van der Waals surface area contributed by atoms with Gasteiger partial charge in [0.05, 0.1) is 12.1 Å². The average molecular weight is 339 g/mol. The molecule has 1 fully saturated rings. The first kappa shape index (κ1) is 16.9. The Balaban J connectivity index is 1.97. The first-order valence-electron chi connectivity index (χ1n) is 7.85. The fourth-order valence-electron chi connectivity index (χ4n) is 3.20. The Morgan fingerprint density at radius 1 is 1.29 bits per heavy atom. The number of rotatable bonds is 3. The van der Waals surface area contributed by atoms with E-state index < -0.39 is 17.4 Å². The molecular formula is C16H20F3N5. The smallest absolute Gasteiger partial charge is 0.337 e. The van der Waals surface area contributed by atoms with Crippen molar-refractivity contribution >= 4 is 0 Å². The summed E-state index contributed by atoms with van der Waals surface area (Å²) in [4.78, 5) is 14.6. The van der Waals surface area contributed by atoms with E-state index >= 15 is 0 Å². The van der Waals surface area contributed by atoms with E-state index in [1.165, 1.54) is 0 Å². The van der Waals surface area contributed by atoms with Gasteiger partial charge in [-0.05, 0) is 39.3 Å². The molecule has 0 aliphatic carbocycles. The van der Waals surface area contributed by atoms with Crippen molar-refractivity contribution in [2.75, 3.05) is 6.54 Å². The van der Waals surface area contributed by atoms with Crippen molar-refractivity contribution in [2.45, 2.75) is 44.9 Å². The lowest BCUT2D eigenvalue weighted by molar-refractivity contribution is -0.141. The molecule has 24 heavy (non-hydrogen) atoms. The summed E-state index contributed by atoms with van der Waals surface area (Å²) >= 11 is 0. The molecule has 0 aromatic carbocycles. The second-order valence-electron chi connectivity index (χ2n) is 6.47. The van der Waals surface area contributed by atoms with Crippen molar-refractivity contribution in [2.24, 2.45) is 7.05 Å². The largest absolute Gasteiger partial charge is 0.433 e. The summed E-state index contributed by atoms with van der Waals surface area (Å²) in [6, 6.07) is 0.991. The highest BCUT2D eigenvalue weighted by atomic mass is 19.4. The van der Waals surface area contributed by atoms with Gasteiger partial charge in [0.2, 0.25) is 0 Å². The lowest BCUT2D eigenvalue weighted by Gasteiger charge is -2.34. The fourth-order valence-corrected chi connectivity index (χ4v) is 3.20. The Morgan fingerprint density at radius 3 is 2.67 bits per heavy atom. The summed E-state index contributed by atoms with van der Waals surface area (Å²) in [6.07, 6.45) is 0.709. The molecule has 1 saturated heterocycles. The second-order valence-corrected chi connectivity index (χ2v) is 6.47. The molecule has 0 spiro atoms. The molecule has 0 radical (unpaired) electrons. The van der Waals surface area contributed by atoms with Crippen LogP contribution in [0.2, 0.25) is 0 Å². The monoisotopic (exact) mass is 339 g/mol. The minimum Gasteiger partial charge on any atom is -0.337 e. The summed E-state index contributed by atoms with van der Waals surface area (Å²) in [5.74, 6) is 1.10. The molecule has 5 nitrogen and oxygen atoms in total. The maximum Gasteiger partial charge on any atom is 0.433 e. The summed E-state index contributed by atoms with van der Waals surface area (Å²) < 4.78 is 41.2. The number of hydrogen-bond donors (Lipinski definition) is 0. The van der Waals surface area contributed by atoms with Crippen LogP contribution in [0.15, 0.2) is 18.5 Å². The summed E-state index contributed by atoms with van der Waals surface area (Å²) in [6.45, 7) is 4.82. The topological polar surface area (TPSA) is 46.8 Å². The number of imidazole rings is 1. The van der Waals surface area contributed by atoms with Gasteiger partial charge in [0.1, 0.15) is 17.3 Å². The summed E-state index contributed by atoms with van der Waals surface area (Å²) in [5.41, 5.74) is -1.18. The number of halogens is 3. The predicted octanol–water partition coefficient (Wildman–Crippen LogP) is 3.05. The molecule has 0 amide bonds. The molecule has 1 aliphatic rings. The molecular weight excluding hydrogens is 319 g/mol. The minimum atomic E-state index is -4.47. The number of hydrogen-bond acceptors (Lipinski definition) is 4. The van der Waals surface area contributed by atoms with Gasteiger partial charge < -0.3 is 4.57 Å². The number of likely N-dealkylation sites (tertiary alicyclic amines) is 1. The van der Waals surface area contributed by atoms with Crippen LogP contribution in [0.4, 0.5) is 13.2 Å². The van der Waals surface area contributed by atoms with Gasteiger partial charge in [0.15, 0.2) is 0 Å². The van der Waals surface area contributed by atoms with E-state index in [2.05, 4.69) is 19.9 Å². The van der Waals surface area contributed by atoms with E-state index in [4.69, 9.17) is 0 Å². The molecule has 0 N–H and O–H groups in total. The summed E-state index contributed by atoms with van der Waals surface area (Å²) in [5, 5.41) is 0. The predicted molar refractivity (Wildman–Crippen MR) is 82.0 cm³/mol. The van der Waals surface area contributed by atoms with Crippen LogP contribution in [-0.4, -0.2) is 31.0 Å². The molecule has 2 aromatic rings. The van der Waals surface area contributed by atoms with Crippen molar-refractivity contribution in [3.63, 3.8) is 0 Å². The van der Waals surface area contributed by atoms with Crippen LogP contribution in [0.3, 0.4) is 0 Å². The van der Waals surface area contributed by atoms with Gasteiger partial charge in [0.25, 0.3) is 0 Å². The van der Waals surface area contributed by atoms with E-state index in [1.807, 2.05) is 24.7 Å². The number of alkyl halides is 3. The first-order chi connectivity index (χ1) is 11.2. The van der Waals surface area contributed by atoms with E-state index in [-0.39, 0.29) is 5.82 Å². The Morgan fingerprint density at radius 2 is 2.04 bits per heavy atom. The lowest BCUT2D eigenvalue weighted by Crippen LogP contribution is -2.40. The highest BCUT2D eigenvalue weighted by molar-refractivity contribution is 5.18. The Labute approximate surface area is 138 Å². The van der Waals surface area contributed by atoms with Gasteiger partial charge in [0, 0.05) is 25.1 Å². The van der Waals surface area contributed by atoms with Gasteiger partial charge in [-0.3, -0.25) is 4.90 Å². The zero-order valence-electron chi connectivity index (χ0n) is 13.9. The number of aromatic nitrogens is 4. The zero-order valence-corrected chi connectivity index (χ0v) is 13.9. The lowest BCUT2D eigenvalue weighted by atomic mass is 9.97. The maximum absolute atomic E-state index is 13.1. The molecule has 3 heterocycles. The highest BCUT2D eigenvalue weighted by Gasteiger charge is 2.43. The van der Waals surface area contributed by atoms with Crippen molar-refractivity contribution in [3.05, 3.63) is 41.5 Å². The average Bonchev–Trinajstić information content (AvgIpc) is 3.06. The zero-order chi connectivity index (χ0) is 17.5. The van der Waals surface area contributed by atoms with Crippen LogP contribution in [0.1, 0.15) is 42.8 Å². The Bertz CT molecular complexity index is 740. The molecule has 2 aromatic heterocycles. The van der Waals surface area contributed by atoms with Gasteiger partial charge in [-0.15, -0.1) is 0 Å². The molecule has 0 saturated carbocycles. The minimum absolute atomic E-state index is 0.238. The second kappa shape index (κ2) is 5.84. The van der Waals surface area contributed by atoms with Crippen LogP contribution >= 0.6 is 0 Å². The third-order valence-corrected chi connectivity index (χ3v) is 4.67. The Kier molecular flexibility index (Phi) is 4.11. The van der Waals surface area contributed by atoms with Gasteiger partial charge in [-0.1, -0.05) is 0 Å². The molecule has 3 rings (SSSR count). The van der Waals surface area contributed by atoms with Crippen molar-refractivity contribution < 1.29 is 13.2 Å². The van der Waals surface area contributed by atoms with E-state index in [0.29, 0.717) is 12.2 Å². The van der Waals surface area contributed by atoms with Crippen molar-refractivity contribution in [3.8, 4) is 0 Å². The van der Waals surface area contributed by atoms with Crippen molar-refractivity contribution in [1.29, 1.82) is 0 Å². The normalized spacial score (nSPS) is 22.2. The standard InChI is InChI=1S/C16H20F3N5/c1-11-9-12(16(17,18)19)22-14(21-11)15(2)5-4-7-24(15)10-13-20-6-8-23(13)3/h6,8-9H,4-5,7,10H2,1-3H3/t15-/m1/s1. The molecule has 1 aliphatic heterocycles. The number of nitrogens with zero attached hydrogens (tertiary/aromatic N) is 5. The fraction of sp³-hybridized carbons (Fsp3) is 0.562. The van der Waals surface area contributed by atoms with E-state index in [9.17, 15) is 13.2 Å². The summed E-state index contributed by atoms with van der Waals surface area (Å²) in [7, 11) is 1.90. The third-order valence-electron chi connectivity index (χ3n) is 4.67. The van der Waals surface area contributed by atoms with Crippen LogP contribution in [-0.2, 0) is 25.3 Å². The van der Waals surface area contributed by atoms with Crippen LogP contribution in [0, 0.1) is 6.92 Å². The van der Waals surface area contributed by atoms with Crippen molar-refractivity contribution in [1.82, 2.24) is 24.4 Å². The van der Waals surface area contributed by atoms with Crippen LogP contribution < -0.4 is 0 Å². The van der Waals surface area contributed by atoms with Gasteiger partial charge in [-0.2, -0.15) is 13.2 Å². The van der Waals surface area contributed by atoms with Crippen LogP contribution in [0.5, 0.6) is 0 Å². The van der Waals surface area contributed by atoms with Gasteiger partial charge in [-0.25, -0.2) is 15.0 Å². The van der Waals surface area contributed by atoms with Gasteiger partial charge >= 0.3 is 6.18 Å². The highest BCUT2D eigenvalue weighted by Crippen LogP contribution is 2.39.